The van der Waals surface area contributed by atoms with E-state index in [1.807, 2.05) is 54.7 Å². The third-order valence-electron chi connectivity index (χ3n) is 5.84. The number of hydrogen-bond acceptors (Lipinski definition) is 6. The van der Waals surface area contributed by atoms with Gasteiger partial charge in [-0.15, -0.1) is 0 Å². The minimum atomic E-state index is -0.0588. The summed E-state index contributed by atoms with van der Waals surface area (Å²) in [6, 6.07) is 17.1. The van der Waals surface area contributed by atoms with E-state index in [9.17, 15) is 9.59 Å². The lowest BCUT2D eigenvalue weighted by atomic mass is 10.0. The maximum atomic E-state index is 11.9. The van der Waals surface area contributed by atoms with Gasteiger partial charge in [-0.3, -0.25) is 9.59 Å². The largest absolute Gasteiger partial charge is 0.365 e. The summed E-state index contributed by atoms with van der Waals surface area (Å²) in [6.07, 6.45) is 3.44. The number of hydrogen-bond donors (Lipinski definition) is 2. The first-order chi connectivity index (χ1) is 17.5. The topological polar surface area (TPSA) is 92.2 Å². The number of rotatable bonds is 11. The zero-order chi connectivity index (χ0) is 25.5. The molecule has 2 heterocycles. The molecule has 186 valence electrons. The average Bonchev–Trinajstić information content (AvgIpc) is 2.88. The molecule has 1 amide bonds. The third kappa shape index (κ3) is 6.01. The van der Waals surface area contributed by atoms with Crippen molar-refractivity contribution in [2.24, 2.45) is 7.05 Å². The van der Waals surface area contributed by atoms with Crippen LogP contribution >= 0.6 is 11.6 Å². The highest BCUT2D eigenvalue weighted by Gasteiger charge is 2.15. The summed E-state index contributed by atoms with van der Waals surface area (Å²) < 4.78 is 1.56. The van der Waals surface area contributed by atoms with E-state index >= 15 is 0 Å². The summed E-state index contributed by atoms with van der Waals surface area (Å²) in [6.45, 7) is 4.50. The number of halogens is 1. The Morgan fingerprint density at radius 2 is 1.89 bits per heavy atom. The van der Waals surface area contributed by atoms with Crippen molar-refractivity contribution >= 4 is 40.7 Å². The first-order valence-corrected chi connectivity index (χ1v) is 12.3. The molecule has 8 nitrogen and oxygen atoms in total. The van der Waals surface area contributed by atoms with Crippen LogP contribution in [0.1, 0.15) is 18.9 Å². The van der Waals surface area contributed by atoms with Crippen LogP contribution in [0.15, 0.2) is 65.6 Å². The smallest absolute Gasteiger partial charge is 0.250 e. The van der Waals surface area contributed by atoms with E-state index in [4.69, 9.17) is 21.6 Å². The number of amides is 1. The SMILES string of the molecule is CCCN(CCNC=O)c1nc(NCc2cccc(Cl)c2)c2cc(-c3ccc(=O)n(C)c3)ccc2n1. The van der Waals surface area contributed by atoms with Crippen LogP contribution in [-0.2, 0) is 18.4 Å². The highest BCUT2D eigenvalue weighted by atomic mass is 35.5. The van der Waals surface area contributed by atoms with Crippen LogP contribution in [0.25, 0.3) is 22.0 Å². The predicted octanol–water partition coefficient (Wildman–Crippen LogP) is 4.22. The highest BCUT2D eigenvalue weighted by molar-refractivity contribution is 6.30. The van der Waals surface area contributed by atoms with Gasteiger partial charge in [0.25, 0.3) is 0 Å². The monoisotopic (exact) mass is 504 g/mol. The lowest BCUT2D eigenvalue weighted by Crippen LogP contribution is -2.33. The molecule has 36 heavy (non-hydrogen) atoms. The Morgan fingerprint density at radius 1 is 1.06 bits per heavy atom. The Hall–Kier alpha value is -3.91. The van der Waals surface area contributed by atoms with Gasteiger partial charge in [0.2, 0.25) is 17.9 Å². The van der Waals surface area contributed by atoms with Crippen molar-refractivity contribution < 1.29 is 4.79 Å². The molecule has 0 atom stereocenters. The van der Waals surface area contributed by atoms with E-state index in [-0.39, 0.29) is 5.56 Å². The molecular weight excluding hydrogens is 476 g/mol. The van der Waals surface area contributed by atoms with Crippen molar-refractivity contribution in [2.75, 3.05) is 29.9 Å². The summed E-state index contributed by atoms with van der Waals surface area (Å²) in [5.74, 6) is 1.30. The fraction of sp³-hybridized carbons (Fsp3) is 0.259. The first-order valence-electron chi connectivity index (χ1n) is 11.9. The van der Waals surface area contributed by atoms with E-state index < -0.39 is 0 Å². The van der Waals surface area contributed by atoms with Gasteiger partial charge in [0, 0.05) is 55.9 Å². The number of nitrogens with one attached hydrogen (secondary N) is 2. The molecule has 2 N–H and O–H groups in total. The van der Waals surface area contributed by atoms with Gasteiger partial charge in [-0.2, -0.15) is 4.98 Å². The molecule has 0 aliphatic carbocycles. The molecule has 0 radical (unpaired) electrons. The maximum Gasteiger partial charge on any atom is 0.250 e. The molecule has 0 saturated carbocycles. The number of carbonyl (C=O) groups is 1. The molecule has 0 saturated heterocycles. The number of aromatic nitrogens is 3. The molecule has 2 aromatic carbocycles. The molecule has 0 unspecified atom stereocenters. The van der Waals surface area contributed by atoms with Crippen LogP contribution in [0.5, 0.6) is 0 Å². The minimum Gasteiger partial charge on any atom is -0.365 e. The molecule has 0 aliphatic rings. The normalized spacial score (nSPS) is 10.9. The van der Waals surface area contributed by atoms with Crippen molar-refractivity contribution in [1.82, 2.24) is 19.9 Å². The lowest BCUT2D eigenvalue weighted by Gasteiger charge is -2.23. The second-order valence-corrected chi connectivity index (χ2v) is 8.95. The van der Waals surface area contributed by atoms with Crippen molar-refractivity contribution in [3.8, 4) is 11.1 Å². The van der Waals surface area contributed by atoms with Gasteiger partial charge in [-0.1, -0.05) is 36.7 Å². The molecule has 0 fully saturated rings. The van der Waals surface area contributed by atoms with Crippen molar-refractivity contribution in [1.29, 1.82) is 0 Å². The zero-order valence-corrected chi connectivity index (χ0v) is 21.1. The Labute approximate surface area is 215 Å². The van der Waals surface area contributed by atoms with Crippen LogP contribution in [-0.4, -0.2) is 40.6 Å². The molecule has 0 aliphatic heterocycles. The first kappa shape index (κ1) is 25.2. The molecular formula is C27H29ClN6O2. The van der Waals surface area contributed by atoms with Gasteiger partial charge < -0.3 is 20.1 Å². The van der Waals surface area contributed by atoms with Crippen LogP contribution in [0.4, 0.5) is 11.8 Å². The maximum absolute atomic E-state index is 11.9. The predicted molar refractivity (Wildman–Crippen MR) is 146 cm³/mol. The van der Waals surface area contributed by atoms with Gasteiger partial charge in [0.15, 0.2) is 0 Å². The Bertz CT molecular complexity index is 1420. The van der Waals surface area contributed by atoms with E-state index in [1.54, 1.807) is 17.7 Å². The number of pyridine rings is 1. The number of carbonyl (C=O) groups excluding carboxylic acids is 1. The Kier molecular flexibility index (Phi) is 8.17. The molecule has 4 rings (SSSR count). The lowest BCUT2D eigenvalue weighted by molar-refractivity contribution is -0.109. The van der Waals surface area contributed by atoms with Gasteiger partial charge in [0.1, 0.15) is 5.82 Å². The van der Waals surface area contributed by atoms with Crippen molar-refractivity contribution in [3.63, 3.8) is 0 Å². The van der Waals surface area contributed by atoms with E-state index in [0.717, 1.165) is 40.6 Å². The second kappa shape index (κ2) is 11.7. The molecule has 2 aromatic heterocycles. The quantitative estimate of drug-likeness (QED) is 0.235. The summed E-state index contributed by atoms with van der Waals surface area (Å²) >= 11 is 6.18. The molecule has 4 aromatic rings. The standard InChI is InChI=1S/C27H29ClN6O2/c1-3-12-34(13-11-29-18-35)27-31-24-9-7-20(21-8-10-25(36)33(2)17-21)15-23(24)26(32-27)30-16-19-5-4-6-22(28)14-19/h4-10,14-15,17-18H,3,11-13,16H2,1-2H3,(H,29,35)(H,30,31,32). The third-order valence-corrected chi connectivity index (χ3v) is 6.07. The minimum absolute atomic E-state index is 0.0588. The zero-order valence-electron chi connectivity index (χ0n) is 20.4. The van der Waals surface area contributed by atoms with E-state index in [1.165, 1.54) is 0 Å². The number of nitrogens with zero attached hydrogens (tertiary/aromatic N) is 4. The summed E-state index contributed by atoms with van der Waals surface area (Å²) in [7, 11) is 1.74. The molecule has 9 heteroatoms. The second-order valence-electron chi connectivity index (χ2n) is 8.51. The van der Waals surface area contributed by atoms with Gasteiger partial charge in [-0.25, -0.2) is 4.98 Å². The van der Waals surface area contributed by atoms with Gasteiger partial charge in [0.05, 0.1) is 5.52 Å². The van der Waals surface area contributed by atoms with Crippen LogP contribution in [0, 0.1) is 0 Å². The van der Waals surface area contributed by atoms with Crippen molar-refractivity contribution in [3.05, 3.63) is 81.7 Å². The molecule has 0 spiro atoms. The summed E-state index contributed by atoms with van der Waals surface area (Å²) in [5, 5.41) is 7.73. The van der Waals surface area contributed by atoms with Gasteiger partial charge >= 0.3 is 0 Å². The van der Waals surface area contributed by atoms with Gasteiger partial charge in [-0.05, 0) is 53.4 Å². The summed E-state index contributed by atoms with van der Waals surface area (Å²) in [5.41, 5.74) is 3.66. The Morgan fingerprint density at radius 3 is 2.64 bits per heavy atom. The molecule has 0 bridgehead atoms. The van der Waals surface area contributed by atoms with Crippen molar-refractivity contribution in [2.45, 2.75) is 19.9 Å². The summed E-state index contributed by atoms with van der Waals surface area (Å²) in [4.78, 5) is 34.4. The van der Waals surface area contributed by atoms with E-state index in [0.29, 0.717) is 42.8 Å². The van der Waals surface area contributed by atoms with Crippen LogP contribution in [0.2, 0.25) is 5.02 Å². The number of fused-ring (bicyclic) bond motifs is 1. The van der Waals surface area contributed by atoms with Crippen LogP contribution < -0.4 is 21.1 Å². The Balaban J connectivity index is 1.77. The fourth-order valence-corrected chi connectivity index (χ4v) is 4.22. The highest BCUT2D eigenvalue weighted by Crippen LogP contribution is 2.29. The number of anilines is 2. The number of benzene rings is 2. The fourth-order valence-electron chi connectivity index (χ4n) is 4.01. The van der Waals surface area contributed by atoms with E-state index in [2.05, 4.69) is 22.5 Å². The van der Waals surface area contributed by atoms with Crippen LogP contribution in [0.3, 0.4) is 0 Å². The average molecular weight is 505 g/mol. The number of aryl methyl sites for hydroxylation is 1.